The summed E-state index contributed by atoms with van der Waals surface area (Å²) in [4.78, 5) is 22.9. The van der Waals surface area contributed by atoms with Gasteiger partial charge < -0.3 is 10.4 Å². The van der Waals surface area contributed by atoms with E-state index in [1.54, 1.807) is 25.3 Å². The van der Waals surface area contributed by atoms with Crippen LogP contribution in [0.25, 0.3) is 5.69 Å². The monoisotopic (exact) mass is 305 g/mol. The number of hydrogen-bond donors (Lipinski definition) is 2. The summed E-state index contributed by atoms with van der Waals surface area (Å²) in [5.41, 5.74) is 0.779. The normalized spacial score (nSPS) is 13.4. The summed E-state index contributed by atoms with van der Waals surface area (Å²) in [6.45, 7) is 3.14. The lowest BCUT2D eigenvalue weighted by Gasteiger charge is -2.16. The number of benzene rings is 1. The lowest BCUT2D eigenvalue weighted by atomic mass is 10.0. The number of hydrogen-bond acceptors (Lipinski definition) is 3. The van der Waals surface area contributed by atoms with Crippen molar-refractivity contribution in [2.45, 2.75) is 19.9 Å². The van der Waals surface area contributed by atoms with Gasteiger partial charge in [-0.2, -0.15) is 5.10 Å². The van der Waals surface area contributed by atoms with Gasteiger partial charge in [0.05, 0.1) is 11.6 Å². The first-order chi connectivity index (χ1) is 10.4. The molecule has 2 N–H and O–H groups in total. The lowest BCUT2D eigenvalue weighted by Crippen LogP contribution is -2.40. The lowest BCUT2D eigenvalue weighted by molar-refractivity contribution is -0.141. The summed E-state index contributed by atoms with van der Waals surface area (Å²) in [6, 6.07) is 6.66. The highest BCUT2D eigenvalue weighted by Gasteiger charge is 2.22. The number of aromatic nitrogens is 2. The number of carbonyl (C=O) groups excluding carboxylic acids is 1. The maximum Gasteiger partial charge on any atom is 0.308 e. The van der Waals surface area contributed by atoms with E-state index in [0.29, 0.717) is 5.69 Å². The molecule has 0 aliphatic rings. The van der Waals surface area contributed by atoms with E-state index in [9.17, 15) is 14.0 Å². The summed E-state index contributed by atoms with van der Waals surface area (Å²) in [7, 11) is 0. The van der Waals surface area contributed by atoms with Crippen LogP contribution in [0.15, 0.2) is 36.5 Å². The van der Waals surface area contributed by atoms with E-state index in [2.05, 4.69) is 10.4 Å². The van der Waals surface area contributed by atoms with Crippen LogP contribution >= 0.6 is 0 Å². The van der Waals surface area contributed by atoms with E-state index in [-0.39, 0.29) is 11.5 Å². The fourth-order valence-electron chi connectivity index (χ4n) is 1.80. The van der Waals surface area contributed by atoms with Gasteiger partial charge in [0.2, 0.25) is 0 Å². The SMILES string of the molecule is CC(NC(=O)c1ccn(-c2ccc(F)cc2)n1)C(C)C(=O)O. The average Bonchev–Trinajstić information content (AvgIpc) is 2.96. The molecule has 116 valence electrons. The summed E-state index contributed by atoms with van der Waals surface area (Å²) in [5.74, 6) is -2.50. The number of halogens is 1. The Morgan fingerprint density at radius 2 is 1.86 bits per heavy atom. The predicted octanol–water partition coefficient (Wildman–Crippen LogP) is 1.85. The molecular weight excluding hydrogens is 289 g/mol. The molecule has 0 aliphatic carbocycles. The molecule has 1 heterocycles. The van der Waals surface area contributed by atoms with Crippen LogP contribution in [0.5, 0.6) is 0 Å². The van der Waals surface area contributed by atoms with Gasteiger partial charge in [0.15, 0.2) is 5.69 Å². The van der Waals surface area contributed by atoms with Crippen molar-refractivity contribution < 1.29 is 19.1 Å². The smallest absolute Gasteiger partial charge is 0.308 e. The predicted molar refractivity (Wildman–Crippen MR) is 77.3 cm³/mol. The Labute approximate surface area is 126 Å². The molecule has 6 nitrogen and oxygen atoms in total. The zero-order chi connectivity index (χ0) is 16.3. The minimum absolute atomic E-state index is 0.161. The van der Waals surface area contributed by atoms with Crippen molar-refractivity contribution in [1.29, 1.82) is 0 Å². The maximum atomic E-state index is 12.9. The zero-order valence-electron chi connectivity index (χ0n) is 12.2. The number of carboxylic acids is 1. The third-order valence-electron chi connectivity index (χ3n) is 3.41. The Balaban J connectivity index is 2.09. The summed E-state index contributed by atoms with van der Waals surface area (Å²) in [5, 5.41) is 15.6. The summed E-state index contributed by atoms with van der Waals surface area (Å²) < 4.78 is 14.3. The van der Waals surface area contributed by atoms with Crippen LogP contribution in [0.2, 0.25) is 0 Å². The second kappa shape index (κ2) is 6.38. The van der Waals surface area contributed by atoms with Crippen molar-refractivity contribution in [3.8, 4) is 5.69 Å². The largest absolute Gasteiger partial charge is 0.481 e. The molecule has 1 amide bonds. The van der Waals surface area contributed by atoms with E-state index in [0.717, 1.165) is 0 Å². The van der Waals surface area contributed by atoms with Gasteiger partial charge >= 0.3 is 5.97 Å². The van der Waals surface area contributed by atoms with Crippen molar-refractivity contribution in [1.82, 2.24) is 15.1 Å². The molecule has 2 atom stereocenters. The Kier molecular flexibility index (Phi) is 4.55. The van der Waals surface area contributed by atoms with E-state index in [1.807, 2.05) is 0 Å². The zero-order valence-corrected chi connectivity index (χ0v) is 12.2. The minimum Gasteiger partial charge on any atom is -0.481 e. The topological polar surface area (TPSA) is 84.2 Å². The number of carboxylic acid groups (broad SMARTS) is 1. The first-order valence-corrected chi connectivity index (χ1v) is 6.74. The second-order valence-corrected chi connectivity index (χ2v) is 5.01. The molecule has 0 radical (unpaired) electrons. The van der Waals surface area contributed by atoms with Crippen molar-refractivity contribution in [2.75, 3.05) is 0 Å². The van der Waals surface area contributed by atoms with Crippen molar-refractivity contribution in [2.24, 2.45) is 5.92 Å². The molecule has 1 aromatic carbocycles. The van der Waals surface area contributed by atoms with Crippen LogP contribution in [0.3, 0.4) is 0 Å². The highest BCUT2D eigenvalue weighted by atomic mass is 19.1. The van der Waals surface area contributed by atoms with Crippen LogP contribution in [0.1, 0.15) is 24.3 Å². The fraction of sp³-hybridized carbons (Fsp3) is 0.267. The molecule has 0 saturated heterocycles. The molecule has 0 fully saturated rings. The maximum absolute atomic E-state index is 12.9. The molecule has 2 rings (SSSR count). The molecule has 0 saturated carbocycles. The van der Waals surface area contributed by atoms with Crippen LogP contribution in [-0.4, -0.2) is 32.8 Å². The Morgan fingerprint density at radius 3 is 2.45 bits per heavy atom. The number of carbonyl (C=O) groups is 2. The summed E-state index contributed by atoms with van der Waals surface area (Å²) in [6.07, 6.45) is 1.58. The number of nitrogens with zero attached hydrogens (tertiary/aromatic N) is 2. The van der Waals surface area contributed by atoms with E-state index in [1.165, 1.54) is 29.8 Å². The highest BCUT2D eigenvalue weighted by Crippen LogP contribution is 2.10. The van der Waals surface area contributed by atoms with Gasteiger partial charge in [0, 0.05) is 12.2 Å². The van der Waals surface area contributed by atoms with Gasteiger partial charge in [-0.1, -0.05) is 0 Å². The molecule has 2 unspecified atom stereocenters. The van der Waals surface area contributed by atoms with Crippen molar-refractivity contribution in [3.05, 3.63) is 48.0 Å². The van der Waals surface area contributed by atoms with Gasteiger partial charge in [0.1, 0.15) is 5.82 Å². The first kappa shape index (κ1) is 15.7. The van der Waals surface area contributed by atoms with Crippen LogP contribution in [-0.2, 0) is 4.79 Å². The summed E-state index contributed by atoms with van der Waals surface area (Å²) >= 11 is 0. The second-order valence-electron chi connectivity index (χ2n) is 5.01. The number of aliphatic carboxylic acids is 1. The van der Waals surface area contributed by atoms with Gasteiger partial charge in [-0.25, -0.2) is 9.07 Å². The quantitative estimate of drug-likeness (QED) is 0.883. The van der Waals surface area contributed by atoms with Crippen molar-refractivity contribution >= 4 is 11.9 Å². The molecule has 22 heavy (non-hydrogen) atoms. The Morgan fingerprint density at radius 1 is 1.23 bits per heavy atom. The van der Waals surface area contributed by atoms with E-state index < -0.39 is 23.8 Å². The Hall–Kier alpha value is -2.70. The standard InChI is InChI=1S/C15H16FN3O3/c1-9(15(21)22)10(2)17-14(20)13-7-8-19(18-13)12-5-3-11(16)4-6-12/h3-10H,1-2H3,(H,17,20)(H,21,22). The Bertz CT molecular complexity index is 682. The number of amides is 1. The van der Waals surface area contributed by atoms with Crippen molar-refractivity contribution in [3.63, 3.8) is 0 Å². The number of nitrogens with one attached hydrogen (secondary N) is 1. The minimum atomic E-state index is -0.982. The molecule has 0 bridgehead atoms. The first-order valence-electron chi connectivity index (χ1n) is 6.74. The van der Waals surface area contributed by atoms with Crippen LogP contribution in [0.4, 0.5) is 4.39 Å². The van der Waals surface area contributed by atoms with Crippen LogP contribution in [0, 0.1) is 11.7 Å². The highest BCUT2D eigenvalue weighted by molar-refractivity contribution is 5.92. The molecule has 1 aromatic heterocycles. The molecular formula is C15H16FN3O3. The van der Waals surface area contributed by atoms with Gasteiger partial charge in [-0.15, -0.1) is 0 Å². The van der Waals surface area contributed by atoms with Gasteiger partial charge in [-0.3, -0.25) is 9.59 Å². The van der Waals surface area contributed by atoms with Gasteiger partial charge in [0.25, 0.3) is 5.91 Å². The van der Waals surface area contributed by atoms with Crippen LogP contribution < -0.4 is 5.32 Å². The van der Waals surface area contributed by atoms with E-state index in [4.69, 9.17) is 5.11 Å². The van der Waals surface area contributed by atoms with Gasteiger partial charge in [-0.05, 0) is 44.2 Å². The average molecular weight is 305 g/mol. The third-order valence-corrected chi connectivity index (χ3v) is 3.41. The number of rotatable bonds is 5. The van der Waals surface area contributed by atoms with E-state index >= 15 is 0 Å². The fourth-order valence-corrected chi connectivity index (χ4v) is 1.80. The third kappa shape index (κ3) is 3.49. The molecule has 7 heteroatoms. The molecule has 2 aromatic rings. The molecule has 0 aliphatic heterocycles. The molecule has 0 spiro atoms.